The Morgan fingerprint density at radius 3 is 2.96 bits per heavy atom. The van der Waals surface area contributed by atoms with Crippen LogP contribution in [0.5, 0.6) is 0 Å². The molecule has 1 atom stereocenters. The molecule has 1 N–H and O–H groups in total. The quantitative estimate of drug-likeness (QED) is 0.942. The second-order valence-electron chi connectivity index (χ2n) is 5.78. The fourth-order valence-corrected chi connectivity index (χ4v) is 2.95. The maximum absolute atomic E-state index is 12.2. The third-order valence-corrected chi connectivity index (χ3v) is 4.13. The lowest BCUT2D eigenvalue weighted by molar-refractivity contribution is -0.125. The largest absolute Gasteiger partial charge is 0.356 e. The minimum Gasteiger partial charge on any atom is -0.356 e. The lowest BCUT2D eigenvalue weighted by Crippen LogP contribution is -2.44. The summed E-state index contributed by atoms with van der Waals surface area (Å²) in [5.41, 5.74) is 0.911. The number of hydrogen-bond donors (Lipinski definition) is 1. The van der Waals surface area contributed by atoms with Crippen molar-refractivity contribution in [3.8, 4) is 0 Å². The van der Waals surface area contributed by atoms with Gasteiger partial charge in [0.2, 0.25) is 5.91 Å². The molecule has 2 heterocycles. The standard InChI is InChI=1S/C17H19F2N3O/c18-15(19)10-20-17(23)13-5-3-9-22(11-13)16-8-7-12-4-1-2-6-14(12)21-16/h1-2,4,6-8,13,15H,3,5,9-11H2,(H,20,23). The molecule has 6 heteroatoms. The summed E-state index contributed by atoms with van der Waals surface area (Å²) in [4.78, 5) is 18.7. The number of rotatable bonds is 4. The number of amides is 1. The van der Waals surface area contributed by atoms with E-state index in [1.165, 1.54) is 0 Å². The van der Waals surface area contributed by atoms with Gasteiger partial charge in [0.15, 0.2) is 0 Å². The number of para-hydroxylation sites is 1. The summed E-state index contributed by atoms with van der Waals surface area (Å²) in [6.07, 6.45) is -0.943. The van der Waals surface area contributed by atoms with Crippen LogP contribution in [0.3, 0.4) is 0 Å². The molecule has 1 fully saturated rings. The number of carbonyl (C=O) groups is 1. The van der Waals surface area contributed by atoms with Gasteiger partial charge in [-0.15, -0.1) is 0 Å². The Balaban J connectivity index is 1.70. The maximum Gasteiger partial charge on any atom is 0.255 e. The first kappa shape index (κ1) is 15.6. The monoisotopic (exact) mass is 319 g/mol. The van der Waals surface area contributed by atoms with Crippen molar-refractivity contribution in [1.82, 2.24) is 10.3 Å². The Hall–Kier alpha value is -2.24. The van der Waals surface area contributed by atoms with Gasteiger partial charge in [-0.25, -0.2) is 13.8 Å². The van der Waals surface area contributed by atoms with E-state index in [-0.39, 0.29) is 11.8 Å². The number of pyridine rings is 1. The number of benzene rings is 1. The van der Waals surface area contributed by atoms with E-state index in [2.05, 4.69) is 15.2 Å². The minimum absolute atomic E-state index is 0.268. The molecule has 1 amide bonds. The maximum atomic E-state index is 12.2. The lowest BCUT2D eigenvalue weighted by atomic mass is 9.97. The second kappa shape index (κ2) is 6.89. The van der Waals surface area contributed by atoms with Gasteiger partial charge in [0, 0.05) is 18.5 Å². The third kappa shape index (κ3) is 3.75. The van der Waals surface area contributed by atoms with E-state index in [4.69, 9.17) is 0 Å². The molecule has 4 nitrogen and oxygen atoms in total. The molecule has 23 heavy (non-hydrogen) atoms. The molecule has 3 rings (SSSR count). The van der Waals surface area contributed by atoms with E-state index in [1.807, 2.05) is 36.4 Å². The van der Waals surface area contributed by atoms with Crippen LogP contribution in [0.2, 0.25) is 0 Å². The van der Waals surface area contributed by atoms with Gasteiger partial charge in [-0.05, 0) is 31.0 Å². The molecule has 0 saturated carbocycles. The molecule has 1 unspecified atom stereocenters. The van der Waals surface area contributed by atoms with Gasteiger partial charge >= 0.3 is 0 Å². The van der Waals surface area contributed by atoms with Crippen LogP contribution in [-0.2, 0) is 4.79 Å². The van der Waals surface area contributed by atoms with Crippen LogP contribution in [0.4, 0.5) is 14.6 Å². The van der Waals surface area contributed by atoms with Crippen molar-refractivity contribution in [1.29, 1.82) is 0 Å². The molecule has 122 valence electrons. The van der Waals surface area contributed by atoms with E-state index in [1.54, 1.807) is 0 Å². The molecule has 0 bridgehead atoms. The Bertz CT molecular complexity index is 692. The van der Waals surface area contributed by atoms with Crippen LogP contribution in [0.15, 0.2) is 36.4 Å². The number of fused-ring (bicyclic) bond motifs is 1. The zero-order valence-electron chi connectivity index (χ0n) is 12.7. The Kier molecular flexibility index (Phi) is 4.69. The molecule has 1 aromatic carbocycles. The number of halogens is 2. The number of hydrogen-bond acceptors (Lipinski definition) is 3. The van der Waals surface area contributed by atoms with Crippen LogP contribution in [0, 0.1) is 5.92 Å². The number of piperidine rings is 1. The molecule has 1 aliphatic heterocycles. The van der Waals surface area contributed by atoms with Crippen molar-refractivity contribution < 1.29 is 13.6 Å². The number of nitrogens with one attached hydrogen (secondary N) is 1. The second-order valence-corrected chi connectivity index (χ2v) is 5.78. The van der Waals surface area contributed by atoms with Gasteiger partial charge in [-0.3, -0.25) is 4.79 Å². The predicted octanol–water partition coefficient (Wildman–Crippen LogP) is 2.83. The number of alkyl halides is 2. The van der Waals surface area contributed by atoms with Crippen LogP contribution >= 0.6 is 0 Å². The van der Waals surface area contributed by atoms with Crippen LogP contribution in [0.1, 0.15) is 12.8 Å². The number of carbonyl (C=O) groups excluding carboxylic acids is 1. The van der Waals surface area contributed by atoms with Gasteiger partial charge < -0.3 is 10.2 Å². The van der Waals surface area contributed by atoms with Gasteiger partial charge in [0.05, 0.1) is 18.0 Å². The predicted molar refractivity (Wildman–Crippen MR) is 85.7 cm³/mol. The van der Waals surface area contributed by atoms with E-state index >= 15 is 0 Å². The number of aromatic nitrogens is 1. The summed E-state index contributed by atoms with van der Waals surface area (Å²) in [7, 11) is 0. The first-order chi connectivity index (χ1) is 11.1. The summed E-state index contributed by atoms with van der Waals surface area (Å²) in [5.74, 6) is 0.265. The normalized spacial score (nSPS) is 18.4. The fraction of sp³-hybridized carbons (Fsp3) is 0.412. The van der Waals surface area contributed by atoms with Gasteiger partial charge in [0.25, 0.3) is 6.43 Å². The lowest BCUT2D eigenvalue weighted by Gasteiger charge is -2.33. The highest BCUT2D eigenvalue weighted by atomic mass is 19.3. The molecular formula is C17H19F2N3O. The zero-order valence-corrected chi connectivity index (χ0v) is 12.7. The van der Waals surface area contributed by atoms with Crippen molar-refractivity contribution >= 4 is 22.6 Å². The van der Waals surface area contributed by atoms with Crippen LogP contribution < -0.4 is 10.2 Å². The van der Waals surface area contributed by atoms with Crippen molar-refractivity contribution in [2.75, 3.05) is 24.5 Å². The van der Waals surface area contributed by atoms with Crippen molar-refractivity contribution in [3.63, 3.8) is 0 Å². The molecule has 2 aromatic rings. The zero-order chi connectivity index (χ0) is 16.2. The first-order valence-corrected chi connectivity index (χ1v) is 7.80. The molecule has 1 aliphatic rings. The Morgan fingerprint density at radius 1 is 1.30 bits per heavy atom. The molecular weight excluding hydrogens is 300 g/mol. The number of nitrogens with zero attached hydrogens (tertiary/aromatic N) is 2. The van der Waals surface area contributed by atoms with Crippen molar-refractivity contribution in [3.05, 3.63) is 36.4 Å². The average molecular weight is 319 g/mol. The minimum atomic E-state index is -2.51. The molecule has 1 aromatic heterocycles. The van der Waals surface area contributed by atoms with Crippen molar-refractivity contribution in [2.24, 2.45) is 5.92 Å². The molecule has 0 radical (unpaired) electrons. The molecule has 0 aliphatic carbocycles. The summed E-state index contributed by atoms with van der Waals surface area (Å²) in [6.45, 7) is 0.758. The SMILES string of the molecule is O=C(NCC(F)F)C1CCCN(c2ccc3ccccc3n2)C1. The summed E-state index contributed by atoms with van der Waals surface area (Å²) in [6, 6.07) is 11.8. The van der Waals surface area contributed by atoms with Crippen molar-refractivity contribution in [2.45, 2.75) is 19.3 Å². The summed E-state index contributed by atoms with van der Waals surface area (Å²) < 4.78 is 24.4. The van der Waals surface area contributed by atoms with E-state index < -0.39 is 13.0 Å². The van der Waals surface area contributed by atoms with Gasteiger partial charge in [-0.1, -0.05) is 18.2 Å². The average Bonchev–Trinajstić information content (AvgIpc) is 2.59. The third-order valence-electron chi connectivity index (χ3n) is 4.13. The Labute approximate surface area is 133 Å². The summed E-state index contributed by atoms with van der Waals surface area (Å²) in [5, 5.41) is 3.39. The molecule has 1 saturated heterocycles. The van der Waals surface area contributed by atoms with Gasteiger partial charge in [0.1, 0.15) is 5.82 Å². The van der Waals surface area contributed by atoms with Crippen LogP contribution in [-0.4, -0.2) is 37.0 Å². The Morgan fingerprint density at radius 2 is 2.13 bits per heavy atom. The highest BCUT2D eigenvalue weighted by molar-refractivity contribution is 5.81. The number of anilines is 1. The van der Waals surface area contributed by atoms with E-state index in [0.29, 0.717) is 6.54 Å². The topological polar surface area (TPSA) is 45.2 Å². The highest BCUT2D eigenvalue weighted by Gasteiger charge is 2.26. The van der Waals surface area contributed by atoms with Gasteiger partial charge in [-0.2, -0.15) is 0 Å². The molecule has 0 spiro atoms. The van der Waals surface area contributed by atoms with E-state index in [9.17, 15) is 13.6 Å². The van der Waals surface area contributed by atoms with Crippen LogP contribution in [0.25, 0.3) is 10.9 Å². The first-order valence-electron chi connectivity index (χ1n) is 7.80. The highest BCUT2D eigenvalue weighted by Crippen LogP contribution is 2.24. The smallest absolute Gasteiger partial charge is 0.255 e. The summed E-state index contributed by atoms with van der Waals surface area (Å²) >= 11 is 0. The fourth-order valence-electron chi connectivity index (χ4n) is 2.95. The van der Waals surface area contributed by atoms with E-state index in [0.717, 1.165) is 36.1 Å².